The molecule has 144 valence electrons. The zero-order valence-corrected chi connectivity index (χ0v) is 16.8. The lowest BCUT2D eigenvalue weighted by Gasteiger charge is -2.05. The molecule has 28 heavy (non-hydrogen) atoms. The molecule has 8 nitrogen and oxygen atoms in total. The summed E-state index contributed by atoms with van der Waals surface area (Å²) in [5.74, 6) is -0.148. The predicted octanol–water partition coefficient (Wildman–Crippen LogP) is 4.54. The van der Waals surface area contributed by atoms with Gasteiger partial charge in [0, 0.05) is 23.5 Å². The van der Waals surface area contributed by atoms with Gasteiger partial charge in [0.25, 0.3) is 5.69 Å². The van der Waals surface area contributed by atoms with Crippen molar-refractivity contribution in [2.75, 3.05) is 16.4 Å². The van der Waals surface area contributed by atoms with Crippen molar-refractivity contribution in [2.45, 2.75) is 18.2 Å². The Balaban J connectivity index is 1.53. The summed E-state index contributed by atoms with van der Waals surface area (Å²) in [5, 5.41) is 25.4. The van der Waals surface area contributed by atoms with Crippen LogP contribution in [0.3, 0.4) is 0 Å². The van der Waals surface area contributed by atoms with Crippen LogP contribution in [0, 0.1) is 24.0 Å². The van der Waals surface area contributed by atoms with E-state index in [2.05, 4.69) is 27.8 Å². The number of aryl methyl sites for hydroxylation is 2. The number of rotatable bonds is 7. The van der Waals surface area contributed by atoms with Crippen molar-refractivity contribution in [3.8, 4) is 0 Å². The lowest BCUT2D eigenvalue weighted by atomic mass is 10.1. The van der Waals surface area contributed by atoms with Gasteiger partial charge in [0.2, 0.25) is 11.0 Å². The minimum Gasteiger partial charge on any atom is -0.330 e. The molecule has 0 saturated heterocycles. The number of amides is 1. The molecule has 1 heterocycles. The molecule has 0 aliphatic rings. The number of non-ortho nitro benzene ring substituents is 1. The first-order chi connectivity index (χ1) is 13.4. The van der Waals surface area contributed by atoms with Crippen LogP contribution in [0.25, 0.3) is 0 Å². The third-order valence-electron chi connectivity index (χ3n) is 3.83. The van der Waals surface area contributed by atoms with Gasteiger partial charge in [0.15, 0.2) is 4.34 Å². The Morgan fingerprint density at radius 2 is 1.96 bits per heavy atom. The van der Waals surface area contributed by atoms with Crippen molar-refractivity contribution in [3.05, 3.63) is 63.7 Å². The van der Waals surface area contributed by atoms with Gasteiger partial charge >= 0.3 is 0 Å². The van der Waals surface area contributed by atoms with Gasteiger partial charge in [-0.2, -0.15) is 0 Å². The molecule has 3 rings (SSSR count). The maximum absolute atomic E-state index is 12.1. The average Bonchev–Trinajstić information content (AvgIpc) is 3.11. The average molecular weight is 416 g/mol. The lowest BCUT2D eigenvalue weighted by molar-refractivity contribution is -0.384. The fourth-order valence-corrected chi connectivity index (χ4v) is 3.86. The molecule has 2 aromatic carbocycles. The van der Waals surface area contributed by atoms with Crippen molar-refractivity contribution < 1.29 is 9.72 Å². The van der Waals surface area contributed by atoms with E-state index >= 15 is 0 Å². The molecular weight excluding hydrogens is 398 g/mol. The van der Waals surface area contributed by atoms with Crippen LogP contribution in [-0.4, -0.2) is 26.8 Å². The highest BCUT2D eigenvalue weighted by molar-refractivity contribution is 8.01. The third-order valence-corrected chi connectivity index (χ3v) is 5.80. The van der Waals surface area contributed by atoms with Gasteiger partial charge in [0.05, 0.1) is 10.7 Å². The zero-order valence-electron chi connectivity index (χ0n) is 15.1. The first-order valence-corrected chi connectivity index (χ1v) is 10.1. The van der Waals surface area contributed by atoms with E-state index < -0.39 is 4.92 Å². The van der Waals surface area contributed by atoms with Crippen molar-refractivity contribution in [1.29, 1.82) is 0 Å². The summed E-state index contributed by atoms with van der Waals surface area (Å²) in [6, 6.07) is 11.9. The highest BCUT2D eigenvalue weighted by Crippen LogP contribution is 2.28. The molecular formula is C18H17N5O3S2. The first-order valence-electron chi connectivity index (χ1n) is 8.25. The normalized spacial score (nSPS) is 10.5. The van der Waals surface area contributed by atoms with Crippen LogP contribution >= 0.6 is 23.1 Å². The van der Waals surface area contributed by atoms with E-state index in [0.29, 0.717) is 15.2 Å². The smallest absolute Gasteiger partial charge is 0.271 e. The Morgan fingerprint density at radius 3 is 2.71 bits per heavy atom. The standard InChI is InChI=1S/C18H17N5O3S2/c1-11-6-7-14(8-12(11)2)20-17-21-22-18(28-17)27-10-16(24)19-13-4-3-5-15(9-13)23(25)26/h3-9H,10H2,1-2H3,(H,19,24)(H,20,21). The Morgan fingerprint density at radius 1 is 1.14 bits per heavy atom. The predicted molar refractivity (Wildman–Crippen MR) is 112 cm³/mol. The Kier molecular flexibility index (Phi) is 6.22. The second-order valence-electron chi connectivity index (χ2n) is 5.94. The first kappa shape index (κ1) is 19.8. The van der Waals surface area contributed by atoms with E-state index in [9.17, 15) is 14.9 Å². The number of nitrogens with zero attached hydrogens (tertiary/aromatic N) is 3. The van der Waals surface area contributed by atoms with Gasteiger partial charge in [-0.3, -0.25) is 14.9 Å². The van der Waals surface area contributed by atoms with Crippen molar-refractivity contribution in [1.82, 2.24) is 10.2 Å². The minimum absolute atomic E-state index is 0.0726. The van der Waals surface area contributed by atoms with Gasteiger partial charge in [-0.15, -0.1) is 10.2 Å². The summed E-state index contributed by atoms with van der Waals surface area (Å²) in [6.45, 7) is 4.10. The van der Waals surface area contributed by atoms with Crippen molar-refractivity contribution in [3.63, 3.8) is 0 Å². The summed E-state index contributed by atoms with van der Waals surface area (Å²) in [6.07, 6.45) is 0. The van der Waals surface area contributed by atoms with Crippen LogP contribution in [0.1, 0.15) is 11.1 Å². The lowest BCUT2D eigenvalue weighted by Crippen LogP contribution is -2.14. The van der Waals surface area contributed by atoms with Gasteiger partial charge in [-0.1, -0.05) is 35.2 Å². The maximum Gasteiger partial charge on any atom is 0.271 e. The molecule has 0 aliphatic heterocycles. The summed E-state index contributed by atoms with van der Waals surface area (Å²) in [5.41, 5.74) is 3.64. The van der Waals surface area contributed by atoms with Crippen LogP contribution in [0.15, 0.2) is 46.8 Å². The Labute approximate surface area is 169 Å². The number of anilines is 3. The number of benzene rings is 2. The van der Waals surface area contributed by atoms with E-state index in [1.165, 1.54) is 52.4 Å². The number of nitro benzene ring substituents is 1. The number of thioether (sulfide) groups is 1. The molecule has 3 aromatic rings. The number of carbonyl (C=O) groups is 1. The number of carbonyl (C=O) groups excluding carboxylic acids is 1. The molecule has 1 aromatic heterocycles. The van der Waals surface area contributed by atoms with Gasteiger partial charge in [-0.05, 0) is 43.2 Å². The molecule has 1 amide bonds. The topological polar surface area (TPSA) is 110 Å². The molecule has 0 bridgehead atoms. The molecule has 10 heteroatoms. The summed E-state index contributed by atoms with van der Waals surface area (Å²) in [4.78, 5) is 22.4. The Bertz CT molecular complexity index is 1020. The zero-order chi connectivity index (χ0) is 20.1. The molecule has 0 fully saturated rings. The quantitative estimate of drug-likeness (QED) is 0.331. The van der Waals surface area contributed by atoms with E-state index in [1.807, 2.05) is 25.1 Å². The SMILES string of the molecule is Cc1ccc(Nc2nnc(SCC(=O)Nc3cccc([N+](=O)[O-])c3)s2)cc1C. The van der Waals surface area contributed by atoms with E-state index in [-0.39, 0.29) is 17.3 Å². The molecule has 0 saturated carbocycles. The van der Waals surface area contributed by atoms with Gasteiger partial charge in [-0.25, -0.2) is 0 Å². The fourth-order valence-electron chi connectivity index (χ4n) is 2.28. The molecule has 0 radical (unpaired) electrons. The van der Waals surface area contributed by atoms with Gasteiger partial charge < -0.3 is 10.6 Å². The molecule has 2 N–H and O–H groups in total. The highest BCUT2D eigenvalue weighted by Gasteiger charge is 2.11. The molecule has 0 aliphatic carbocycles. The van der Waals surface area contributed by atoms with E-state index in [0.717, 1.165) is 5.69 Å². The van der Waals surface area contributed by atoms with Crippen LogP contribution in [0.5, 0.6) is 0 Å². The van der Waals surface area contributed by atoms with E-state index in [4.69, 9.17) is 0 Å². The molecule has 0 unspecified atom stereocenters. The summed E-state index contributed by atoms with van der Waals surface area (Å²) < 4.78 is 0.653. The number of nitro groups is 1. The number of hydrogen-bond acceptors (Lipinski definition) is 8. The maximum atomic E-state index is 12.1. The fraction of sp³-hybridized carbons (Fsp3) is 0.167. The monoisotopic (exact) mass is 415 g/mol. The van der Waals surface area contributed by atoms with E-state index in [1.54, 1.807) is 6.07 Å². The van der Waals surface area contributed by atoms with Crippen LogP contribution < -0.4 is 10.6 Å². The second-order valence-corrected chi connectivity index (χ2v) is 8.14. The minimum atomic E-state index is -0.504. The largest absolute Gasteiger partial charge is 0.330 e. The third kappa shape index (κ3) is 5.27. The van der Waals surface area contributed by atoms with Crippen LogP contribution in [-0.2, 0) is 4.79 Å². The van der Waals surface area contributed by atoms with Gasteiger partial charge in [0.1, 0.15) is 0 Å². The number of nitrogens with one attached hydrogen (secondary N) is 2. The summed E-state index contributed by atoms with van der Waals surface area (Å²) >= 11 is 2.61. The number of aromatic nitrogens is 2. The van der Waals surface area contributed by atoms with Crippen LogP contribution in [0.2, 0.25) is 0 Å². The highest BCUT2D eigenvalue weighted by atomic mass is 32.2. The van der Waals surface area contributed by atoms with Crippen LogP contribution in [0.4, 0.5) is 22.2 Å². The molecule has 0 spiro atoms. The van der Waals surface area contributed by atoms with Crippen molar-refractivity contribution >= 4 is 51.2 Å². The molecule has 0 atom stereocenters. The number of hydrogen-bond donors (Lipinski definition) is 2. The summed E-state index contributed by atoms with van der Waals surface area (Å²) in [7, 11) is 0. The second kappa shape index (κ2) is 8.81. The Hall–Kier alpha value is -2.98. The van der Waals surface area contributed by atoms with Crippen molar-refractivity contribution in [2.24, 2.45) is 0 Å².